The maximum absolute atomic E-state index is 5.63. The molecule has 0 spiro atoms. The van der Waals surface area contributed by atoms with Gasteiger partial charge in [0.25, 0.3) is 0 Å². The molecule has 2 heteroatoms. The summed E-state index contributed by atoms with van der Waals surface area (Å²) in [6.45, 7) is 2.93. The van der Waals surface area contributed by atoms with Crippen molar-refractivity contribution in [2.45, 2.75) is 45.1 Å². The second-order valence-corrected chi connectivity index (χ2v) is 5.23. The molecule has 0 heterocycles. The minimum absolute atomic E-state index is 0.507. The average Bonchev–Trinajstić information content (AvgIpc) is 2.93. The van der Waals surface area contributed by atoms with Gasteiger partial charge < -0.3 is 10.1 Å². The molecule has 0 bridgehead atoms. The summed E-state index contributed by atoms with van der Waals surface area (Å²) >= 11 is 0. The third kappa shape index (κ3) is 3.26. The lowest BCUT2D eigenvalue weighted by atomic mass is 9.92. The molecule has 1 N–H and O–H groups in total. The van der Waals surface area contributed by atoms with Gasteiger partial charge in [0.2, 0.25) is 0 Å². The van der Waals surface area contributed by atoms with Gasteiger partial charge in [0, 0.05) is 6.04 Å². The van der Waals surface area contributed by atoms with Gasteiger partial charge in [0.15, 0.2) is 0 Å². The van der Waals surface area contributed by atoms with E-state index in [2.05, 4.69) is 43.6 Å². The summed E-state index contributed by atoms with van der Waals surface area (Å²) in [5, 5.41) is 3.48. The molecule has 2 rings (SSSR count). The van der Waals surface area contributed by atoms with E-state index < -0.39 is 0 Å². The molecule has 100 valence electrons. The monoisotopic (exact) mass is 247 g/mol. The maximum atomic E-state index is 5.63. The molecule has 1 aromatic carbocycles. The van der Waals surface area contributed by atoms with Crippen LogP contribution in [0, 0.1) is 5.92 Å². The van der Waals surface area contributed by atoms with Crippen LogP contribution in [0.15, 0.2) is 24.3 Å². The van der Waals surface area contributed by atoms with E-state index >= 15 is 0 Å². The van der Waals surface area contributed by atoms with Crippen LogP contribution in [0.4, 0.5) is 0 Å². The van der Waals surface area contributed by atoms with E-state index in [-0.39, 0.29) is 0 Å². The Morgan fingerprint density at radius 3 is 2.44 bits per heavy atom. The highest BCUT2D eigenvalue weighted by molar-refractivity contribution is 5.29. The topological polar surface area (TPSA) is 21.3 Å². The molecule has 1 aliphatic carbocycles. The molecule has 18 heavy (non-hydrogen) atoms. The summed E-state index contributed by atoms with van der Waals surface area (Å²) in [6, 6.07) is 9.14. The fourth-order valence-electron chi connectivity index (χ4n) is 2.96. The molecule has 0 aromatic heterocycles. The molecule has 1 aromatic rings. The molecule has 0 saturated heterocycles. The van der Waals surface area contributed by atoms with E-state index in [9.17, 15) is 0 Å². The normalized spacial score (nSPS) is 17.9. The van der Waals surface area contributed by atoms with Crippen LogP contribution in [0.1, 0.15) is 50.6 Å². The van der Waals surface area contributed by atoms with Gasteiger partial charge in [-0.2, -0.15) is 0 Å². The van der Waals surface area contributed by atoms with E-state index in [1.807, 2.05) is 0 Å². The first-order chi connectivity index (χ1) is 8.85. The Labute approximate surface area is 111 Å². The lowest BCUT2D eigenvalue weighted by Gasteiger charge is -2.23. The minimum atomic E-state index is 0.507. The fraction of sp³-hybridized carbons (Fsp3) is 0.625. The Kier molecular flexibility index (Phi) is 5.06. The molecule has 2 nitrogen and oxygen atoms in total. The SMILES string of the molecule is CCCOc1ccc(C(NC)C2CCCC2)cc1. The van der Waals surface area contributed by atoms with Gasteiger partial charge in [0.05, 0.1) is 6.61 Å². The molecule has 0 aliphatic heterocycles. The van der Waals surface area contributed by atoms with Crippen molar-refractivity contribution in [2.24, 2.45) is 5.92 Å². The minimum Gasteiger partial charge on any atom is -0.494 e. The predicted octanol–water partition coefficient (Wildman–Crippen LogP) is 3.93. The van der Waals surface area contributed by atoms with Gasteiger partial charge in [-0.05, 0) is 49.9 Å². The van der Waals surface area contributed by atoms with Crippen LogP contribution in [0.5, 0.6) is 5.75 Å². The zero-order chi connectivity index (χ0) is 12.8. The van der Waals surface area contributed by atoms with Crippen LogP contribution in [0.2, 0.25) is 0 Å². The Hall–Kier alpha value is -1.02. The number of ether oxygens (including phenoxy) is 1. The number of hydrogen-bond donors (Lipinski definition) is 1. The fourth-order valence-corrected chi connectivity index (χ4v) is 2.96. The van der Waals surface area contributed by atoms with E-state index in [0.717, 1.165) is 24.7 Å². The van der Waals surface area contributed by atoms with Gasteiger partial charge in [0.1, 0.15) is 5.75 Å². The van der Waals surface area contributed by atoms with Crippen molar-refractivity contribution in [3.63, 3.8) is 0 Å². The maximum Gasteiger partial charge on any atom is 0.119 e. The van der Waals surface area contributed by atoms with Crippen molar-refractivity contribution < 1.29 is 4.74 Å². The van der Waals surface area contributed by atoms with Crippen LogP contribution in [-0.2, 0) is 0 Å². The quantitative estimate of drug-likeness (QED) is 0.822. The number of rotatable bonds is 6. The van der Waals surface area contributed by atoms with E-state index in [4.69, 9.17) is 4.74 Å². The number of hydrogen-bond acceptors (Lipinski definition) is 2. The lowest BCUT2D eigenvalue weighted by molar-refractivity contribution is 0.317. The second-order valence-electron chi connectivity index (χ2n) is 5.23. The van der Waals surface area contributed by atoms with Crippen molar-refractivity contribution in [1.82, 2.24) is 5.32 Å². The second kappa shape index (κ2) is 6.79. The predicted molar refractivity (Wildman–Crippen MR) is 76.0 cm³/mol. The van der Waals surface area contributed by atoms with Crippen LogP contribution >= 0.6 is 0 Å². The van der Waals surface area contributed by atoms with Crippen LogP contribution in [0.25, 0.3) is 0 Å². The van der Waals surface area contributed by atoms with Gasteiger partial charge in [-0.1, -0.05) is 31.9 Å². The molecule has 1 fully saturated rings. The molecule has 1 atom stereocenters. The van der Waals surface area contributed by atoms with Gasteiger partial charge in [-0.25, -0.2) is 0 Å². The van der Waals surface area contributed by atoms with Crippen molar-refractivity contribution in [3.8, 4) is 5.75 Å². The Morgan fingerprint density at radius 1 is 1.22 bits per heavy atom. The molecule has 0 radical (unpaired) electrons. The van der Waals surface area contributed by atoms with E-state index in [0.29, 0.717) is 6.04 Å². The smallest absolute Gasteiger partial charge is 0.119 e. The van der Waals surface area contributed by atoms with Crippen LogP contribution in [-0.4, -0.2) is 13.7 Å². The summed E-state index contributed by atoms with van der Waals surface area (Å²) in [5.41, 5.74) is 1.40. The first kappa shape index (κ1) is 13.4. The Balaban J connectivity index is 2.02. The third-order valence-electron chi connectivity index (χ3n) is 3.89. The molecular weight excluding hydrogens is 222 g/mol. The molecular formula is C16H25NO. The summed E-state index contributed by atoms with van der Waals surface area (Å²) in [5.74, 6) is 1.79. The van der Waals surface area contributed by atoms with Crippen LogP contribution < -0.4 is 10.1 Å². The van der Waals surface area contributed by atoms with Gasteiger partial charge >= 0.3 is 0 Å². The summed E-state index contributed by atoms with van der Waals surface area (Å²) in [6.07, 6.45) is 6.56. The standard InChI is InChI=1S/C16H25NO/c1-3-12-18-15-10-8-14(9-11-15)16(17-2)13-6-4-5-7-13/h8-11,13,16-17H,3-7,12H2,1-2H3. The first-order valence-electron chi connectivity index (χ1n) is 7.25. The van der Waals surface area contributed by atoms with Crippen molar-refractivity contribution >= 4 is 0 Å². The highest BCUT2D eigenvalue weighted by Crippen LogP contribution is 2.35. The van der Waals surface area contributed by atoms with Crippen molar-refractivity contribution in [3.05, 3.63) is 29.8 Å². The summed E-state index contributed by atoms with van der Waals surface area (Å²) in [4.78, 5) is 0. The summed E-state index contributed by atoms with van der Waals surface area (Å²) < 4.78 is 5.63. The zero-order valence-electron chi connectivity index (χ0n) is 11.6. The molecule has 1 unspecified atom stereocenters. The van der Waals surface area contributed by atoms with E-state index in [1.54, 1.807) is 0 Å². The van der Waals surface area contributed by atoms with E-state index in [1.165, 1.54) is 31.2 Å². The largest absolute Gasteiger partial charge is 0.494 e. The Morgan fingerprint density at radius 2 is 1.89 bits per heavy atom. The average molecular weight is 247 g/mol. The molecule has 1 aliphatic rings. The highest BCUT2D eigenvalue weighted by atomic mass is 16.5. The van der Waals surface area contributed by atoms with Gasteiger partial charge in [-0.3, -0.25) is 0 Å². The number of benzene rings is 1. The third-order valence-corrected chi connectivity index (χ3v) is 3.89. The lowest BCUT2D eigenvalue weighted by Crippen LogP contribution is -2.23. The first-order valence-corrected chi connectivity index (χ1v) is 7.25. The number of nitrogens with one attached hydrogen (secondary N) is 1. The van der Waals surface area contributed by atoms with Gasteiger partial charge in [-0.15, -0.1) is 0 Å². The molecule has 1 saturated carbocycles. The zero-order valence-corrected chi connectivity index (χ0v) is 11.6. The van der Waals surface area contributed by atoms with Crippen molar-refractivity contribution in [2.75, 3.05) is 13.7 Å². The van der Waals surface area contributed by atoms with Crippen LogP contribution in [0.3, 0.4) is 0 Å². The summed E-state index contributed by atoms with van der Waals surface area (Å²) in [7, 11) is 2.07. The highest BCUT2D eigenvalue weighted by Gasteiger charge is 2.24. The van der Waals surface area contributed by atoms with Crippen molar-refractivity contribution in [1.29, 1.82) is 0 Å². The Bertz CT molecular complexity index is 341. The molecule has 0 amide bonds.